The number of aliphatic hydroxyl groups is 1. The topological polar surface area (TPSA) is 161 Å². The maximum Gasteiger partial charge on any atom is 0.320 e. The lowest BCUT2D eigenvalue weighted by Gasteiger charge is -2.35. The molecule has 0 amide bonds. The molecule has 0 aromatic carbocycles. The lowest BCUT2D eigenvalue weighted by atomic mass is 10.2. The summed E-state index contributed by atoms with van der Waals surface area (Å²) in [5, 5.41) is 10.6. The molecule has 14 heteroatoms. The van der Waals surface area contributed by atoms with Gasteiger partial charge in [0.25, 0.3) is 0 Å². The van der Waals surface area contributed by atoms with Crippen LogP contribution < -0.4 is 0 Å². The zero-order valence-electron chi connectivity index (χ0n) is 32.8. The molecule has 0 aliphatic carbocycles. The molecule has 14 nitrogen and oxygen atoms in total. The van der Waals surface area contributed by atoms with Crippen LogP contribution in [-0.2, 0) is 47.7 Å². The molecule has 0 aliphatic rings. The second-order valence-corrected chi connectivity index (χ2v) is 17.1. The highest BCUT2D eigenvalue weighted by Gasteiger charge is 2.31. The molecule has 0 heterocycles. The summed E-state index contributed by atoms with van der Waals surface area (Å²) in [6.07, 6.45) is 0. The standard InChI is InChI=1S/C35H65N3O11/c1-31(2,3)45-26(40)19-36(16-17-37(20-27(41)46-32(4,5)6)21-28(42)47-33(7,8)9)18-25(24-39)38(22-29(43)48-34(10,11)12)23-30(44)49-35(13,14)15/h25,39H,16-24H2,1-15H3/t25-/m0/s1. The molecule has 0 radical (unpaired) electrons. The highest BCUT2D eigenvalue weighted by molar-refractivity contribution is 5.76. The maximum atomic E-state index is 13.0. The van der Waals surface area contributed by atoms with Gasteiger partial charge in [0.15, 0.2) is 0 Å². The Balaban J connectivity index is 6.43. The van der Waals surface area contributed by atoms with Gasteiger partial charge in [0.05, 0.1) is 39.3 Å². The fraction of sp³-hybridized carbons (Fsp3) is 0.857. The molecule has 1 N–H and O–H groups in total. The van der Waals surface area contributed by atoms with Crippen LogP contribution in [0.5, 0.6) is 0 Å². The first-order chi connectivity index (χ1) is 21.9. The van der Waals surface area contributed by atoms with Crippen molar-refractivity contribution in [2.24, 2.45) is 0 Å². The van der Waals surface area contributed by atoms with E-state index in [1.165, 1.54) is 4.90 Å². The molecule has 0 saturated carbocycles. The van der Waals surface area contributed by atoms with Gasteiger partial charge in [-0.25, -0.2) is 0 Å². The fourth-order valence-corrected chi connectivity index (χ4v) is 4.38. The summed E-state index contributed by atoms with van der Waals surface area (Å²) in [6, 6.07) is -0.840. The van der Waals surface area contributed by atoms with E-state index in [-0.39, 0.29) is 52.4 Å². The van der Waals surface area contributed by atoms with Gasteiger partial charge in [-0.2, -0.15) is 0 Å². The maximum absolute atomic E-state index is 13.0. The highest BCUT2D eigenvalue weighted by atomic mass is 16.6. The van der Waals surface area contributed by atoms with E-state index in [9.17, 15) is 29.1 Å². The molecule has 0 bridgehead atoms. The Kier molecular flexibility index (Phi) is 17.9. The predicted octanol–water partition coefficient (Wildman–Crippen LogP) is 2.96. The van der Waals surface area contributed by atoms with E-state index in [2.05, 4.69) is 0 Å². The Morgan fingerprint density at radius 2 is 0.694 bits per heavy atom. The quantitative estimate of drug-likeness (QED) is 0.174. The third kappa shape index (κ3) is 25.8. The second-order valence-electron chi connectivity index (χ2n) is 17.1. The van der Waals surface area contributed by atoms with Crippen molar-refractivity contribution in [1.82, 2.24) is 14.7 Å². The van der Waals surface area contributed by atoms with Gasteiger partial charge in [0.2, 0.25) is 0 Å². The van der Waals surface area contributed by atoms with Crippen LogP contribution in [-0.4, -0.2) is 143 Å². The minimum atomic E-state index is -0.840. The summed E-state index contributed by atoms with van der Waals surface area (Å²) in [5.74, 6) is -2.89. The average molecular weight is 704 g/mol. The van der Waals surface area contributed by atoms with E-state index >= 15 is 0 Å². The van der Waals surface area contributed by atoms with E-state index < -0.39 is 70.5 Å². The first kappa shape index (κ1) is 46.2. The number of rotatable bonds is 17. The molecule has 0 aromatic heterocycles. The normalized spacial score (nSPS) is 13.7. The van der Waals surface area contributed by atoms with Crippen LogP contribution in [0.15, 0.2) is 0 Å². The molecule has 0 fully saturated rings. The van der Waals surface area contributed by atoms with Gasteiger partial charge in [-0.05, 0) is 104 Å². The zero-order valence-corrected chi connectivity index (χ0v) is 32.8. The van der Waals surface area contributed by atoms with Gasteiger partial charge in [-0.3, -0.25) is 38.7 Å². The molecule has 49 heavy (non-hydrogen) atoms. The lowest BCUT2D eigenvalue weighted by Crippen LogP contribution is -2.53. The van der Waals surface area contributed by atoms with E-state index in [1.807, 2.05) is 0 Å². The first-order valence-corrected chi connectivity index (χ1v) is 16.8. The third-order valence-electron chi connectivity index (χ3n) is 5.75. The molecular formula is C35H65N3O11. The summed E-state index contributed by atoms with van der Waals surface area (Å²) in [6.45, 7) is 24.3. The van der Waals surface area contributed by atoms with Gasteiger partial charge >= 0.3 is 29.8 Å². The molecular weight excluding hydrogens is 638 g/mol. The summed E-state index contributed by atoms with van der Waals surface area (Å²) in [4.78, 5) is 69.1. The van der Waals surface area contributed by atoms with Crippen LogP contribution in [0.2, 0.25) is 0 Å². The van der Waals surface area contributed by atoms with Crippen LogP contribution in [0, 0.1) is 0 Å². The van der Waals surface area contributed by atoms with Crippen molar-refractivity contribution >= 4 is 29.8 Å². The van der Waals surface area contributed by atoms with E-state index in [1.54, 1.807) is 114 Å². The van der Waals surface area contributed by atoms with Crippen molar-refractivity contribution in [3.8, 4) is 0 Å². The smallest absolute Gasteiger partial charge is 0.320 e. The largest absolute Gasteiger partial charge is 0.459 e. The Labute approximate surface area is 294 Å². The highest BCUT2D eigenvalue weighted by Crippen LogP contribution is 2.15. The molecule has 0 spiro atoms. The minimum absolute atomic E-state index is 0.00590. The number of carbonyl (C=O) groups is 5. The van der Waals surface area contributed by atoms with Crippen molar-refractivity contribution in [1.29, 1.82) is 0 Å². The van der Waals surface area contributed by atoms with Crippen molar-refractivity contribution in [2.45, 2.75) is 138 Å². The number of carbonyl (C=O) groups excluding carboxylic acids is 5. The van der Waals surface area contributed by atoms with Crippen molar-refractivity contribution < 1.29 is 52.8 Å². The molecule has 286 valence electrons. The SMILES string of the molecule is CC(C)(C)OC(=O)CN(CCN(CC(=O)OC(C)(C)C)C[C@@H](CO)N(CC(=O)OC(C)(C)C)CC(=O)OC(C)(C)C)CC(=O)OC(C)(C)C. The van der Waals surface area contributed by atoms with E-state index in [0.29, 0.717) is 0 Å². The number of aliphatic hydroxyl groups excluding tert-OH is 1. The molecule has 0 aliphatic heterocycles. The second kappa shape index (κ2) is 19.0. The number of hydrogen-bond acceptors (Lipinski definition) is 14. The Morgan fingerprint density at radius 1 is 0.449 bits per heavy atom. The molecule has 0 aromatic rings. The van der Waals surface area contributed by atoms with Crippen LogP contribution in [0.1, 0.15) is 104 Å². The van der Waals surface area contributed by atoms with E-state index in [4.69, 9.17) is 23.7 Å². The fourth-order valence-electron chi connectivity index (χ4n) is 4.38. The number of nitrogens with zero attached hydrogens (tertiary/aromatic N) is 3. The summed E-state index contributed by atoms with van der Waals surface area (Å²) < 4.78 is 27.5. The summed E-state index contributed by atoms with van der Waals surface area (Å²) >= 11 is 0. The first-order valence-electron chi connectivity index (χ1n) is 16.8. The van der Waals surface area contributed by atoms with Crippen LogP contribution in [0.25, 0.3) is 0 Å². The molecule has 0 unspecified atom stereocenters. The summed E-state index contributed by atoms with van der Waals surface area (Å²) in [7, 11) is 0. The Morgan fingerprint density at radius 3 is 0.959 bits per heavy atom. The predicted molar refractivity (Wildman–Crippen MR) is 185 cm³/mol. The number of esters is 5. The van der Waals surface area contributed by atoms with Crippen LogP contribution in [0.3, 0.4) is 0 Å². The molecule has 0 saturated heterocycles. The number of ether oxygens (including phenoxy) is 5. The average Bonchev–Trinajstić information content (AvgIpc) is 2.78. The van der Waals surface area contributed by atoms with Gasteiger partial charge in [-0.1, -0.05) is 0 Å². The van der Waals surface area contributed by atoms with Crippen molar-refractivity contribution in [3.63, 3.8) is 0 Å². The van der Waals surface area contributed by atoms with Gasteiger partial charge in [-0.15, -0.1) is 0 Å². The molecule has 1 atom stereocenters. The monoisotopic (exact) mass is 703 g/mol. The zero-order chi connectivity index (χ0) is 38.6. The number of hydrogen-bond donors (Lipinski definition) is 1. The van der Waals surface area contributed by atoms with Crippen LogP contribution >= 0.6 is 0 Å². The van der Waals surface area contributed by atoms with Crippen molar-refractivity contribution in [2.75, 3.05) is 59.0 Å². The van der Waals surface area contributed by atoms with Gasteiger partial charge in [0.1, 0.15) is 28.0 Å². The lowest BCUT2D eigenvalue weighted by molar-refractivity contribution is -0.163. The van der Waals surface area contributed by atoms with Gasteiger partial charge < -0.3 is 28.8 Å². The van der Waals surface area contributed by atoms with Gasteiger partial charge in [0, 0.05) is 25.7 Å². The Bertz CT molecular complexity index is 1030. The Hall–Kier alpha value is -2.81. The summed E-state index contributed by atoms with van der Waals surface area (Å²) in [5.41, 5.74) is -3.87. The minimum Gasteiger partial charge on any atom is -0.459 e. The third-order valence-corrected chi connectivity index (χ3v) is 5.75. The molecule has 0 rings (SSSR count). The van der Waals surface area contributed by atoms with Crippen LogP contribution in [0.4, 0.5) is 0 Å². The van der Waals surface area contributed by atoms with E-state index in [0.717, 1.165) is 0 Å². The van der Waals surface area contributed by atoms with Crippen molar-refractivity contribution in [3.05, 3.63) is 0 Å².